The van der Waals surface area contributed by atoms with Gasteiger partial charge in [0, 0.05) is 16.6 Å². The third-order valence-corrected chi connectivity index (χ3v) is 15.8. The van der Waals surface area contributed by atoms with E-state index in [1.165, 1.54) is 54.1 Å². The molecule has 0 amide bonds. The second kappa shape index (κ2) is 10.4. The quantitative estimate of drug-likeness (QED) is 0.353. The van der Waals surface area contributed by atoms with E-state index in [9.17, 15) is 0 Å². The maximum Gasteiger partial charge on any atom is 0.0425 e. The number of rotatable bonds is 10. The van der Waals surface area contributed by atoms with Gasteiger partial charge < -0.3 is 0 Å². The molecule has 2 radical (unpaired) electrons. The van der Waals surface area contributed by atoms with Crippen molar-refractivity contribution in [3.8, 4) is 0 Å². The fraction of sp³-hybridized carbons (Fsp3) is 0.280. The van der Waals surface area contributed by atoms with Crippen LogP contribution in [0.1, 0.15) is 16.7 Å². The van der Waals surface area contributed by atoms with E-state index in [0.717, 1.165) is 9.04 Å². The summed E-state index contributed by atoms with van der Waals surface area (Å²) >= 11 is 0. The van der Waals surface area contributed by atoms with Crippen molar-refractivity contribution in [3.63, 3.8) is 0 Å². The molecular formula is C25H30Si2. The normalized spacial score (nSPS) is 11.4. The fourth-order valence-electron chi connectivity index (χ4n) is 3.83. The average Bonchev–Trinajstić information content (AvgIpc) is 2.76. The Morgan fingerprint density at radius 2 is 0.815 bits per heavy atom. The van der Waals surface area contributed by atoms with E-state index in [0.29, 0.717) is 0 Å². The summed E-state index contributed by atoms with van der Waals surface area (Å²) in [4.78, 5) is 0. The lowest BCUT2D eigenvalue weighted by molar-refractivity contribution is 0.989. The molecular weight excluding hydrogens is 356 g/mol. The molecule has 0 aromatic heterocycles. The van der Waals surface area contributed by atoms with Crippen molar-refractivity contribution in [3.05, 3.63) is 108 Å². The van der Waals surface area contributed by atoms with Gasteiger partial charge in [0.25, 0.3) is 0 Å². The van der Waals surface area contributed by atoms with Crippen molar-refractivity contribution in [1.29, 1.82) is 0 Å². The predicted molar refractivity (Wildman–Crippen MR) is 122 cm³/mol. The summed E-state index contributed by atoms with van der Waals surface area (Å²) in [5.74, 6) is 0. The molecule has 0 spiro atoms. The molecule has 0 aliphatic rings. The molecule has 3 aromatic carbocycles. The molecule has 0 unspecified atom stereocenters. The van der Waals surface area contributed by atoms with Crippen LogP contribution in [0.3, 0.4) is 0 Å². The van der Waals surface area contributed by atoms with Crippen molar-refractivity contribution in [1.82, 2.24) is 0 Å². The first-order valence-corrected chi connectivity index (χ1v) is 15.2. The van der Waals surface area contributed by atoms with Crippen LogP contribution in [0.25, 0.3) is 0 Å². The van der Waals surface area contributed by atoms with Gasteiger partial charge in [-0.1, -0.05) is 116 Å². The summed E-state index contributed by atoms with van der Waals surface area (Å²) in [6, 6.07) is 37.5. The number of benzene rings is 3. The van der Waals surface area contributed by atoms with E-state index >= 15 is 0 Å². The molecule has 0 saturated heterocycles. The first-order valence-electron chi connectivity index (χ1n) is 10.1. The van der Waals surface area contributed by atoms with Crippen LogP contribution in [0.15, 0.2) is 91.0 Å². The van der Waals surface area contributed by atoms with Crippen LogP contribution in [0.2, 0.25) is 24.7 Å². The van der Waals surface area contributed by atoms with Crippen LogP contribution in [-0.2, 0) is 19.3 Å². The second-order valence-electron chi connectivity index (χ2n) is 7.49. The van der Waals surface area contributed by atoms with Gasteiger partial charge >= 0.3 is 0 Å². The number of hydrogen-bond donors (Lipinski definition) is 0. The van der Waals surface area contributed by atoms with Gasteiger partial charge in [-0.25, -0.2) is 0 Å². The minimum atomic E-state index is -1.29. The molecule has 0 fully saturated rings. The summed E-state index contributed by atoms with van der Waals surface area (Å²) in [7, 11) is -0.177. The van der Waals surface area contributed by atoms with Crippen molar-refractivity contribution in [2.45, 2.75) is 43.9 Å². The predicted octanol–water partition coefficient (Wildman–Crippen LogP) is 6.41. The molecule has 3 rings (SSSR count). The Bertz CT molecular complexity index is 663. The maximum atomic E-state index is 2.48. The molecule has 0 N–H and O–H groups in total. The average molecular weight is 387 g/mol. The fourth-order valence-corrected chi connectivity index (χ4v) is 11.0. The van der Waals surface area contributed by atoms with Gasteiger partial charge in [0.1, 0.15) is 0 Å². The van der Waals surface area contributed by atoms with Crippen molar-refractivity contribution in [2.75, 3.05) is 0 Å². The Hall–Kier alpha value is -1.91. The summed E-state index contributed by atoms with van der Waals surface area (Å²) in [5.41, 5.74) is 4.52. The summed E-state index contributed by atoms with van der Waals surface area (Å²) in [6.45, 7) is 2.48. The largest absolute Gasteiger partial charge is 0.0754 e. The molecule has 138 valence electrons. The van der Waals surface area contributed by atoms with Crippen LogP contribution >= 0.6 is 0 Å². The van der Waals surface area contributed by atoms with Gasteiger partial charge in [0.2, 0.25) is 0 Å². The molecule has 0 saturated carbocycles. The SMILES string of the molecule is C[Si][Si](CCc1ccccc1)(CCc1ccccc1)CCc1ccccc1. The Balaban J connectivity index is 1.70. The standard InChI is InChI=1S/C25H30Si2/c1-26-27(20-17-23-11-5-2-6-12-23,21-18-24-13-7-3-8-14-24)22-19-25-15-9-4-10-16-25/h2-16H,17-22H2,1H3. The molecule has 0 nitrogen and oxygen atoms in total. The Kier molecular flexibility index (Phi) is 7.67. The Morgan fingerprint density at radius 1 is 0.519 bits per heavy atom. The molecule has 0 atom stereocenters. The van der Waals surface area contributed by atoms with Gasteiger partial charge in [0.15, 0.2) is 0 Å². The highest BCUT2D eigenvalue weighted by molar-refractivity contribution is 7.24. The minimum Gasteiger partial charge on any atom is -0.0754 e. The van der Waals surface area contributed by atoms with Gasteiger partial charge in [-0.2, -0.15) is 0 Å². The number of hydrogen-bond acceptors (Lipinski definition) is 0. The molecule has 0 heterocycles. The zero-order valence-corrected chi connectivity index (χ0v) is 18.4. The third kappa shape index (κ3) is 6.33. The van der Waals surface area contributed by atoms with Crippen molar-refractivity contribution >= 4 is 16.6 Å². The van der Waals surface area contributed by atoms with Crippen LogP contribution < -0.4 is 0 Å². The lowest BCUT2D eigenvalue weighted by Crippen LogP contribution is -2.42. The van der Waals surface area contributed by atoms with Crippen LogP contribution in [0.5, 0.6) is 0 Å². The first kappa shape index (κ1) is 19.8. The van der Waals surface area contributed by atoms with Crippen molar-refractivity contribution < 1.29 is 0 Å². The van der Waals surface area contributed by atoms with Gasteiger partial charge in [-0.3, -0.25) is 0 Å². The topological polar surface area (TPSA) is 0 Å². The van der Waals surface area contributed by atoms with E-state index in [4.69, 9.17) is 0 Å². The second-order valence-corrected chi connectivity index (χ2v) is 16.7. The van der Waals surface area contributed by atoms with Crippen LogP contribution in [0, 0.1) is 0 Å². The molecule has 0 aliphatic carbocycles. The molecule has 0 aliphatic heterocycles. The Morgan fingerprint density at radius 3 is 1.07 bits per heavy atom. The maximum absolute atomic E-state index is 2.48. The van der Waals surface area contributed by atoms with Gasteiger partial charge in [0.05, 0.1) is 0 Å². The van der Waals surface area contributed by atoms with Gasteiger partial charge in [-0.05, 0) is 36.0 Å². The summed E-state index contributed by atoms with van der Waals surface area (Å²) < 4.78 is 0. The van der Waals surface area contributed by atoms with Gasteiger partial charge in [-0.15, -0.1) is 0 Å². The minimum absolute atomic E-state index is 1.11. The van der Waals surface area contributed by atoms with E-state index < -0.39 is 7.59 Å². The zero-order valence-electron chi connectivity index (χ0n) is 16.4. The highest BCUT2D eigenvalue weighted by Crippen LogP contribution is 2.27. The Labute approximate surface area is 168 Å². The smallest absolute Gasteiger partial charge is 0.0425 e. The first-order chi connectivity index (χ1) is 13.3. The van der Waals surface area contributed by atoms with E-state index in [1.807, 2.05) is 0 Å². The summed E-state index contributed by atoms with van der Waals surface area (Å²) in [5, 5.41) is 0. The lowest BCUT2D eigenvalue weighted by Gasteiger charge is -2.31. The molecule has 27 heavy (non-hydrogen) atoms. The van der Waals surface area contributed by atoms with E-state index in [-0.39, 0.29) is 0 Å². The molecule has 0 bridgehead atoms. The van der Waals surface area contributed by atoms with Crippen LogP contribution in [-0.4, -0.2) is 16.6 Å². The molecule has 2 heteroatoms. The third-order valence-electron chi connectivity index (χ3n) is 5.74. The monoisotopic (exact) mass is 386 g/mol. The molecule has 3 aromatic rings. The lowest BCUT2D eigenvalue weighted by atomic mass is 10.2. The van der Waals surface area contributed by atoms with Crippen molar-refractivity contribution in [2.24, 2.45) is 0 Å². The highest BCUT2D eigenvalue weighted by Gasteiger charge is 2.30. The van der Waals surface area contributed by atoms with Crippen LogP contribution in [0.4, 0.5) is 0 Å². The number of aryl methyl sites for hydroxylation is 3. The highest BCUT2D eigenvalue weighted by atomic mass is 29.2. The van der Waals surface area contributed by atoms with E-state index in [1.54, 1.807) is 0 Å². The zero-order chi connectivity index (χ0) is 18.8. The van der Waals surface area contributed by atoms with E-state index in [2.05, 4.69) is 97.5 Å². The summed E-state index contributed by atoms with van der Waals surface area (Å²) in [6.07, 6.45) is 3.74.